The van der Waals surface area contributed by atoms with Crippen LogP contribution in [0.4, 0.5) is 0 Å². The second-order valence-electron chi connectivity index (χ2n) is 5.22. The van der Waals surface area contributed by atoms with Crippen LogP contribution in [0.5, 0.6) is 0 Å². The molecule has 2 fully saturated rings. The summed E-state index contributed by atoms with van der Waals surface area (Å²) >= 11 is 0. The number of carbonyl (C=O) groups is 1. The third kappa shape index (κ3) is 0.884. The van der Waals surface area contributed by atoms with E-state index in [1.165, 1.54) is 19.1 Å². The zero-order valence-corrected chi connectivity index (χ0v) is 8.21. The molecule has 0 aliphatic heterocycles. The lowest BCUT2D eigenvalue weighted by Crippen LogP contribution is -2.21. The molecule has 68 valence electrons. The van der Waals surface area contributed by atoms with Gasteiger partial charge < -0.3 is 4.79 Å². The summed E-state index contributed by atoms with van der Waals surface area (Å²) in [6.45, 7) is 6.86. The highest BCUT2D eigenvalue weighted by Gasteiger charge is 2.62. The Bertz CT molecular complexity index is 207. The molecule has 4 unspecified atom stereocenters. The van der Waals surface area contributed by atoms with E-state index in [9.17, 15) is 4.79 Å². The average molecular weight is 166 g/mol. The van der Waals surface area contributed by atoms with Crippen LogP contribution in [0, 0.1) is 29.1 Å². The standard InChI is InChI=1S/C11H18O/c1-7-4-5-9-10(8(7)6-12)11(9,2)3/h6-10H,4-5H2,1-3H3. The van der Waals surface area contributed by atoms with Gasteiger partial charge in [0, 0.05) is 5.92 Å². The van der Waals surface area contributed by atoms with Crippen LogP contribution in [-0.4, -0.2) is 6.29 Å². The van der Waals surface area contributed by atoms with Crippen molar-refractivity contribution < 1.29 is 4.79 Å². The molecule has 1 nitrogen and oxygen atoms in total. The van der Waals surface area contributed by atoms with Gasteiger partial charge in [0.15, 0.2) is 0 Å². The van der Waals surface area contributed by atoms with E-state index in [4.69, 9.17) is 0 Å². The van der Waals surface area contributed by atoms with Crippen molar-refractivity contribution in [2.24, 2.45) is 29.1 Å². The predicted octanol–water partition coefficient (Wildman–Crippen LogP) is 2.50. The lowest BCUT2D eigenvalue weighted by molar-refractivity contribution is -0.113. The van der Waals surface area contributed by atoms with Gasteiger partial charge >= 0.3 is 0 Å². The molecule has 1 heteroatoms. The van der Waals surface area contributed by atoms with Crippen LogP contribution in [-0.2, 0) is 4.79 Å². The van der Waals surface area contributed by atoms with Crippen LogP contribution in [0.25, 0.3) is 0 Å². The van der Waals surface area contributed by atoms with Crippen LogP contribution in [0.3, 0.4) is 0 Å². The molecule has 2 aliphatic rings. The molecular weight excluding hydrogens is 148 g/mol. The Morgan fingerprint density at radius 3 is 2.50 bits per heavy atom. The van der Waals surface area contributed by atoms with Gasteiger partial charge in [-0.05, 0) is 36.0 Å². The van der Waals surface area contributed by atoms with Gasteiger partial charge in [-0.25, -0.2) is 0 Å². The first kappa shape index (κ1) is 8.28. The first-order valence-electron chi connectivity index (χ1n) is 5.04. The summed E-state index contributed by atoms with van der Waals surface area (Å²) in [4.78, 5) is 10.9. The van der Waals surface area contributed by atoms with Crippen molar-refractivity contribution in [3.05, 3.63) is 0 Å². The van der Waals surface area contributed by atoms with Crippen LogP contribution < -0.4 is 0 Å². The molecule has 0 saturated heterocycles. The number of fused-ring (bicyclic) bond motifs is 1. The molecule has 0 aromatic carbocycles. The van der Waals surface area contributed by atoms with Gasteiger partial charge in [-0.15, -0.1) is 0 Å². The van der Waals surface area contributed by atoms with Gasteiger partial charge in [-0.1, -0.05) is 20.8 Å². The minimum absolute atomic E-state index is 0.360. The molecule has 2 rings (SSSR count). The Balaban J connectivity index is 2.17. The molecule has 2 aliphatic carbocycles. The van der Waals surface area contributed by atoms with E-state index in [-0.39, 0.29) is 0 Å². The summed E-state index contributed by atoms with van der Waals surface area (Å²) in [5.41, 5.74) is 0.469. The minimum atomic E-state index is 0.360. The number of rotatable bonds is 1. The fraction of sp³-hybridized carbons (Fsp3) is 0.909. The third-order valence-electron chi connectivity index (χ3n) is 4.30. The van der Waals surface area contributed by atoms with Gasteiger partial charge in [-0.2, -0.15) is 0 Å². The molecule has 4 atom stereocenters. The number of hydrogen-bond donors (Lipinski definition) is 0. The van der Waals surface area contributed by atoms with Crippen molar-refractivity contribution in [2.45, 2.75) is 33.6 Å². The largest absolute Gasteiger partial charge is 0.303 e. The van der Waals surface area contributed by atoms with Crippen molar-refractivity contribution >= 4 is 6.29 Å². The number of carbonyl (C=O) groups excluding carboxylic acids is 1. The summed E-state index contributed by atoms with van der Waals surface area (Å²) in [5, 5.41) is 0. The number of hydrogen-bond acceptors (Lipinski definition) is 1. The van der Waals surface area contributed by atoms with Gasteiger partial charge in [0.25, 0.3) is 0 Å². The molecule has 0 heterocycles. The van der Waals surface area contributed by atoms with Gasteiger partial charge in [0.2, 0.25) is 0 Å². The van der Waals surface area contributed by atoms with Crippen molar-refractivity contribution in [1.29, 1.82) is 0 Å². The Kier molecular flexibility index (Phi) is 1.61. The summed E-state index contributed by atoms with van der Waals surface area (Å²) in [6.07, 6.45) is 3.81. The lowest BCUT2D eigenvalue weighted by Gasteiger charge is -2.23. The normalized spacial score (nSPS) is 49.6. The average Bonchev–Trinajstić information content (AvgIpc) is 2.55. The molecule has 0 aromatic rings. The van der Waals surface area contributed by atoms with Crippen molar-refractivity contribution in [3.8, 4) is 0 Å². The second-order valence-corrected chi connectivity index (χ2v) is 5.22. The fourth-order valence-electron chi connectivity index (χ4n) is 3.31. The predicted molar refractivity (Wildman–Crippen MR) is 48.7 cm³/mol. The smallest absolute Gasteiger partial charge is 0.123 e. The van der Waals surface area contributed by atoms with Gasteiger partial charge in [0.05, 0.1) is 0 Å². The Labute approximate surface area is 74.5 Å². The molecular formula is C11H18O. The van der Waals surface area contributed by atoms with Crippen LogP contribution in [0.15, 0.2) is 0 Å². The zero-order valence-electron chi connectivity index (χ0n) is 8.21. The Hall–Kier alpha value is -0.330. The van der Waals surface area contributed by atoms with E-state index >= 15 is 0 Å². The van der Waals surface area contributed by atoms with Crippen LogP contribution in [0.1, 0.15) is 33.6 Å². The maximum atomic E-state index is 10.9. The highest BCUT2D eigenvalue weighted by molar-refractivity contribution is 5.56. The molecule has 0 bridgehead atoms. The molecule has 0 N–H and O–H groups in total. The van der Waals surface area contributed by atoms with Gasteiger partial charge in [-0.3, -0.25) is 0 Å². The lowest BCUT2D eigenvalue weighted by atomic mass is 9.81. The third-order valence-corrected chi connectivity index (χ3v) is 4.30. The second kappa shape index (κ2) is 2.34. The minimum Gasteiger partial charge on any atom is -0.303 e. The zero-order chi connectivity index (χ0) is 8.93. The van der Waals surface area contributed by atoms with Crippen molar-refractivity contribution in [1.82, 2.24) is 0 Å². The van der Waals surface area contributed by atoms with Crippen molar-refractivity contribution in [3.63, 3.8) is 0 Å². The SMILES string of the molecule is CC1CCC2C(C1C=O)C2(C)C. The summed E-state index contributed by atoms with van der Waals surface area (Å²) < 4.78 is 0. The fourth-order valence-corrected chi connectivity index (χ4v) is 3.31. The highest BCUT2D eigenvalue weighted by Crippen LogP contribution is 2.67. The molecule has 0 amide bonds. The maximum Gasteiger partial charge on any atom is 0.123 e. The monoisotopic (exact) mass is 166 g/mol. The van der Waals surface area contributed by atoms with E-state index in [0.717, 1.165) is 5.92 Å². The highest BCUT2D eigenvalue weighted by atomic mass is 16.1. The Morgan fingerprint density at radius 1 is 1.33 bits per heavy atom. The molecule has 2 saturated carbocycles. The first-order valence-corrected chi connectivity index (χ1v) is 5.04. The Morgan fingerprint density at radius 2 is 2.00 bits per heavy atom. The van der Waals surface area contributed by atoms with Gasteiger partial charge in [0.1, 0.15) is 6.29 Å². The van der Waals surface area contributed by atoms with E-state index in [0.29, 0.717) is 23.2 Å². The molecule has 0 aromatic heterocycles. The topological polar surface area (TPSA) is 17.1 Å². The van der Waals surface area contributed by atoms with Crippen molar-refractivity contribution in [2.75, 3.05) is 0 Å². The maximum absolute atomic E-state index is 10.9. The van der Waals surface area contributed by atoms with E-state index in [1.807, 2.05) is 0 Å². The van der Waals surface area contributed by atoms with E-state index in [1.54, 1.807) is 0 Å². The van der Waals surface area contributed by atoms with Crippen LogP contribution >= 0.6 is 0 Å². The molecule has 0 radical (unpaired) electrons. The summed E-state index contributed by atoms with van der Waals surface area (Å²) in [5.74, 6) is 2.55. The quantitative estimate of drug-likeness (QED) is 0.547. The number of aldehydes is 1. The summed E-state index contributed by atoms with van der Waals surface area (Å²) in [6, 6.07) is 0. The summed E-state index contributed by atoms with van der Waals surface area (Å²) in [7, 11) is 0. The first-order chi connectivity index (χ1) is 5.59. The van der Waals surface area contributed by atoms with E-state index < -0.39 is 0 Å². The van der Waals surface area contributed by atoms with E-state index in [2.05, 4.69) is 20.8 Å². The molecule has 0 spiro atoms. The van der Waals surface area contributed by atoms with Crippen LogP contribution in [0.2, 0.25) is 0 Å². The molecule has 12 heavy (non-hydrogen) atoms.